The first kappa shape index (κ1) is 19.8. The molecule has 0 aliphatic rings. The van der Waals surface area contributed by atoms with E-state index < -0.39 is 0 Å². The standard InChI is InChI=1S/C23H21BrN2O2/c24-21-15-20(11-13-22(21)28-17-19-9-5-2-6-10-19)16-25-26-23(27)14-12-18-7-3-1-4-8-18/h1-11,13,15-16H,12,14,17H2,(H,26,27)/b25-16-. The van der Waals surface area contributed by atoms with Crippen molar-refractivity contribution in [3.8, 4) is 5.75 Å². The van der Waals surface area contributed by atoms with Gasteiger partial charge in [-0.15, -0.1) is 0 Å². The highest BCUT2D eigenvalue weighted by molar-refractivity contribution is 9.10. The summed E-state index contributed by atoms with van der Waals surface area (Å²) in [4.78, 5) is 11.9. The normalized spacial score (nSPS) is 10.8. The number of nitrogens with one attached hydrogen (secondary N) is 1. The molecule has 0 spiro atoms. The largest absolute Gasteiger partial charge is 0.488 e. The summed E-state index contributed by atoms with van der Waals surface area (Å²) < 4.78 is 6.67. The molecule has 0 aliphatic heterocycles. The van der Waals surface area contributed by atoms with Crippen LogP contribution >= 0.6 is 15.9 Å². The fourth-order valence-corrected chi connectivity index (χ4v) is 3.10. The Morgan fingerprint density at radius 3 is 2.32 bits per heavy atom. The fraction of sp³-hybridized carbons (Fsp3) is 0.130. The highest BCUT2D eigenvalue weighted by Crippen LogP contribution is 2.26. The van der Waals surface area contributed by atoms with Gasteiger partial charge in [0.15, 0.2) is 0 Å². The molecule has 4 nitrogen and oxygen atoms in total. The monoisotopic (exact) mass is 436 g/mol. The first-order valence-corrected chi connectivity index (χ1v) is 9.82. The van der Waals surface area contributed by atoms with Crippen LogP contribution in [-0.4, -0.2) is 12.1 Å². The molecule has 3 aromatic rings. The van der Waals surface area contributed by atoms with E-state index in [-0.39, 0.29) is 5.91 Å². The minimum atomic E-state index is -0.109. The van der Waals surface area contributed by atoms with Crippen molar-refractivity contribution in [2.75, 3.05) is 0 Å². The van der Waals surface area contributed by atoms with Crippen LogP contribution < -0.4 is 10.2 Å². The number of amides is 1. The summed E-state index contributed by atoms with van der Waals surface area (Å²) in [6, 6.07) is 25.6. The van der Waals surface area contributed by atoms with Gasteiger partial charge in [0.25, 0.3) is 0 Å². The zero-order chi connectivity index (χ0) is 19.6. The van der Waals surface area contributed by atoms with E-state index in [1.165, 1.54) is 0 Å². The SMILES string of the molecule is O=C(CCc1ccccc1)N/N=C\c1ccc(OCc2ccccc2)c(Br)c1. The third-order valence-electron chi connectivity index (χ3n) is 4.08. The average molecular weight is 437 g/mol. The number of ether oxygens (including phenoxy) is 1. The average Bonchev–Trinajstić information content (AvgIpc) is 2.73. The van der Waals surface area contributed by atoms with Crippen molar-refractivity contribution in [2.45, 2.75) is 19.4 Å². The van der Waals surface area contributed by atoms with Crippen LogP contribution in [0.5, 0.6) is 5.75 Å². The number of nitrogens with zero attached hydrogens (tertiary/aromatic N) is 1. The van der Waals surface area contributed by atoms with Crippen molar-refractivity contribution in [2.24, 2.45) is 5.10 Å². The number of rotatable bonds is 8. The number of halogens is 1. The lowest BCUT2D eigenvalue weighted by Crippen LogP contribution is -2.17. The zero-order valence-electron chi connectivity index (χ0n) is 15.3. The van der Waals surface area contributed by atoms with Gasteiger partial charge < -0.3 is 4.74 Å². The van der Waals surface area contributed by atoms with Crippen molar-refractivity contribution >= 4 is 28.1 Å². The summed E-state index contributed by atoms with van der Waals surface area (Å²) in [6.07, 6.45) is 2.71. The number of carbonyl (C=O) groups is 1. The molecule has 3 aromatic carbocycles. The Morgan fingerprint density at radius 2 is 1.64 bits per heavy atom. The molecule has 0 heterocycles. The first-order chi connectivity index (χ1) is 13.7. The molecule has 3 rings (SSSR count). The molecule has 0 saturated heterocycles. The van der Waals surface area contributed by atoms with Crippen LogP contribution in [0.3, 0.4) is 0 Å². The van der Waals surface area contributed by atoms with E-state index in [0.29, 0.717) is 19.4 Å². The smallest absolute Gasteiger partial charge is 0.240 e. The van der Waals surface area contributed by atoms with E-state index >= 15 is 0 Å². The number of hydrazone groups is 1. The molecule has 0 atom stereocenters. The molecule has 142 valence electrons. The van der Waals surface area contributed by atoms with Gasteiger partial charge in [0.1, 0.15) is 12.4 Å². The molecule has 0 aliphatic carbocycles. The lowest BCUT2D eigenvalue weighted by Gasteiger charge is -2.08. The minimum absolute atomic E-state index is 0.109. The van der Waals surface area contributed by atoms with Crippen molar-refractivity contribution in [1.29, 1.82) is 0 Å². The van der Waals surface area contributed by atoms with Gasteiger partial charge in [0.05, 0.1) is 10.7 Å². The summed E-state index contributed by atoms with van der Waals surface area (Å²) in [6.45, 7) is 0.504. The van der Waals surface area contributed by atoms with Crippen LogP contribution in [0.1, 0.15) is 23.1 Å². The van der Waals surface area contributed by atoms with Gasteiger partial charge in [0, 0.05) is 6.42 Å². The summed E-state index contributed by atoms with van der Waals surface area (Å²) in [5.41, 5.74) is 5.67. The second-order valence-corrected chi connectivity index (χ2v) is 7.10. The summed E-state index contributed by atoms with van der Waals surface area (Å²) in [7, 11) is 0. The molecular weight excluding hydrogens is 416 g/mol. The molecule has 0 radical (unpaired) electrons. The van der Waals surface area contributed by atoms with Crippen molar-refractivity contribution in [3.63, 3.8) is 0 Å². The molecule has 1 amide bonds. The first-order valence-electron chi connectivity index (χ1n) is 9.03. The molecule has 0 saturated carbocycles. The van der Waals surface area contributed by atoms with Crippen LogP contribution in [0.15, 0.2) is 88.4 Å². The van der Waals surface area contributed by atoms with Crippen LogP contribution in [-0.2, 0) is 17.8 Å². The third kappa shape index (κ3) is 6.35. The summed E-state index contributed by atoms with van der Waals surface area (Å²) in [5.74, 6) is 0.648. The van der Waals surface area contributed by atoms with Crippen LogP contribution in [0.2, 0.25) is 0 Å². The fourth-order valence-electron chi connectivity index (χ4n) is 2.59. The molecule has 5 heteroatoms. The van der Waals surface area contributed by atoms with E-state index in [9.17, 15) is 4.79 Å². The van der Waals surface area contributed by atoms with Gasteiger partial charge in [-0.25, -0.2) is 5.43 Å². The van der Waals surface area contributed by atoms with Crippen LogP contribution in [0, 0.1) is 0 Å². The second-order valence-electron chi connectivity index (χ2n) is 6.24. The van der Waals surface area contributed by atoms with Crippen molar-refractivity contribution < 1.29 is 9.53 Å². The molecule has 0 fully saturated rings. The minimum Gasteiger partial charge on any atom is -0.488 e. The Hall–Kier alpha value is -2.92. The summed E-state index contributed by atoms with van der Waals surface area (Å²) in [5, 5.41) is 4.03. The second kappa shape index (κ2) is 10.4. The highest BCUT2D eigenvalue weighted by atomic mass is 79.9. The maximum absolute atomic E-state index is 11.9. The van der Waals surface area contributed by atoms with E-state index in [1.54, 1.807) is 6.21 Å². The number of hydrogen-bond donors (Lipinski definition) is 1. The molecule has 0 bridgehead atoms. The van der Waals surface area contributed by atoms with E-state index in [2.05, 4.69) is 26.5 Å². The Labute approximate surface area is 173 Å². The molecule has 0 aromatic heterocycles. The maximum atomic E-state index is 11.9. The van der Waals surface area contributed by atoms with Crippen LogP contribution in [0.4, 0.5) is 0 Å². The molecular formula is C23H21BrN2O2. The van der Waals surface area contributed by atoms with Gasteiger partial charge >= 0.3 is 0 Å². The predicted octanol–water partition coefficient (Wildman–Crippen LogP) is 5.11. The highest BCUT2D eigenvalue weighted by Gasteiger charge is 2.03. The predicted molar refractivity (Wildman–Crippen MR) is 115 cm³/mol. The van der Waals surface area contributed by atoms with E-state index in [4.69, 9.17) is 4.74 Å². The van der Waals surface area contributed by atoms with Crippen molar-refractivity contribution in [1.82, 2.24) is 5.43 Å². The Kier molecular flexibility index (Phi) is 7.38. The van der Waals surface area contributed by atoms with Gasteiger partial charge in [-0.05, 0) is 57.2 Å². The Balaban J connectivity index is 1.47. The number of aryl methyl sites for hydroxylation is 1. The topological polar surface area (TPSA) is 50.7 Å². The lowest BCUT2D eigenvalue weighted by molar-refractivity contribution is -0.121. The number of carbonyl (C=O) groups excluding carboxylic acids is 1. The molecule has 1 N–H and O–H groups in total. The Bertz CT molecular complexity index is 928. The summed E-state index contributed by atoms with van der Waals surface area (Å²) >= 11 is 3.52. The van der Waals surface area contributed by atoms with Gasteiger partial charge in [0.2, 0.25) is 5.91 Å². The lowest BCUT2D eigenvalue weighted by atomic mass is 10.1. The molecule has 0 unspecified atom stereocenters. The van der Waals surface area contributed by atoms with Gasteiger partial charge in [-0.3, -0.25) is 4.79 Å². The number of benzene rings is 3. The third-order valence-corrected chi connectivity index (χ3v) is 4.70. The van der Waals surface area contributed by atoms with Gasteiger partial charge in [-0.2, -0.15) is 5.10 Å². The number of hydrogen-bond acceptors (Lipinski definition) is 3. The molecule has 28 heavy (non-hydrogen) atoms. The maximum Gasteiger partial charge on any atom is 0.240 e. The van der Waals surface area contributed by atoms with Crippen molar-refractivity contribution in [3.05, 3.63) is 100 Å². The van der Waals surface area contributed by atoms with E-state index in [1.807, 2.05) is 78.9 Å². The Morgan fingerprint density at radius 1 is 0.964 bits per heavy atom. The van der Waals surface area contributed by atoms with E-state index in [0.717, 1.165) is 26.9 Å². The van der Waals surface area contributed by atoms with Crippen LogP contribution in [0.25, 0.3) is 0 Å². The van der Waals surface area contributed by atoms with Gasteiger partial charge in [-0.1, -0.05) is 60.7 Å². The zero-order valence-corrected chi connectivity index (χ0v) is 16.9. The quantitative estimate of drug-likeness (QED) is 0.393.